The summed E-state index contributed by atoms with van der Waals surface area (Å²) in [5.41, 5.74) is 0.957. The monoisotopic (exact) mass is 505 g/mol. The van der Waals surface area contributed by atoms with Gasteiger partial charge in [-0.15, -0.1) is 0 Å². The highest BCUT2D eigenvalue weighted by atomic mass is 19.4. The maximum atomic E-state index is 12.8. The van der Waals surface area contributed by atoms with Gasteiger partial charge in [0.15, 0.2) is 0 Å². The molecule has 0 unspecified atom stereocenters. The van der Waals surface area contributed by atoms with Crippen molar-refractivity contribution in [3.8, 4) is 5.75 Å². The molecule has 2 aromatic rings. The number of alkyl halides is 6. The van der Waals surface area contributed by atoms with Crippen LogP contribution in [0.2, 0.25) is 0 Å². The highest BCUT2D eigenvalue weighted by Crippen LogP contribution is 2.29. The van der Waals surface area contributed by atoms with Crippen molar-refractivity contribution in [1.82, 2.24) is 5.32 Å². The minimum Gasteiger partial charge on any atom is -0.494 e. The van der Waals surface area contributed by atoms with Crippen LogP contribution in [0.25, 0.3) is 0 Å². The molecule has 0 radical (unpaired) electrons. The van der Waals surface area contributed by atoms with Crippen molar-refractivity contribution in [2.75, 3.05) is 19.7 Å². The van der Waals surface area contributed by atoms with Gasteiger partial charge in [0, 0.05) is 6.54 Å². The molecule has 2 aromatic carbocycles. The Morgan fingerprint density at radius 3 is 2.17 bits per heavy atom. The Balaban J connectivity index is 1.58. The second-order valence-corrected chi connectivity index (χ2v) is 7.66. The van der Waals surface area contributed by atoms with Gasteiger partial charge >= 0.3 is 24.3 Å². The molecule has 0 spiro atoms. The first-order valence-electron chi connectivity index (χ1n) is 10.9. The third kappa shape index (κ3) is 10.8. The van der Waals surface area contributed by atoms with Gasteiger partial charge in [-0.25, -0.2) is 4.79 Å². The number of benzene rings is 2. The molecule has 0 aliphatic carbocycles. The van der Waals surface area contributed by atoms with Crippen LogP contribution in [0.1, 0.15) is 36.0 Å². The zero-order chi connectivity index (χ0) is 25.9. The van der Waals surface area contributed by atoms with Crippen molar-refractivity contribution in [2.45, 2.75) is 44.5 Å². The van der Waals surface area contributed by atoms with Crippen LogP contribution < -0.4 is 10.1 Å². The fourth-order valence-corrected chi connectivity index (χ4v) is 3.07. The molecule has 0 atom stereocenters. The van der Waals surface area contributed by atoms with Crippen LogP contribution in [-0.4, -0.2) is 37.8 Å². The molecule has 0 fully saturated rings. The van der Waals surface area contributed by atoms with Crippen molar-refractivity contribution in [2.24, 2.45) is 0 Å². The predicted molar refractivity (Wildman–Crippen MR) is 115 cm³/mol. The number of carbonyl (C=O) groups is 2. The molecule has 0 aliphatic rings. The summed E-state index contributed by atoms with van der Waals surface area (Å²) in [6.45, 7) is 0.946. The highest BCUT2D eigenvalue weighted by Gasteiger charge is 2.42. The first-order chi connectivity index (χ1) is 16.4. The van der Waals surface area contributed by atoms with Crippen LogP contribution in [0.15, 0.2) is 48.5 Å². The van der Waals surface area contributed by atoms with Crippen LogP contribution in [0.5, 0.6) is 5.75 Å². The Hall–Kier alpha value is -3.08. The number of aryl methyl sites for hydroxylation is 2. The molecule has 35 heavy (non-hydrogen) atoms. The van der Waals surface area contributed by atoms with Crippen LogP contribution in [0.4, 0.5) is 26.3 Å². The van der Waals surface area contributed by atoms with Gasteiger partial charge in [0.05, 0.1) is 18.6 Å². The molecule has 0 aromatic heterocycles. The predicted octanol–water partition coefficient (Wildman–Crippen LogP) is 5.26. The maximum absolute atomic E-state index is 12.8. The number of ether oxygens (including phenoxy) is 2. The Bertz CT molecular complexity index is 958. The van der Waals surface area contributed by atoms with E-state index in [-0.39, 0.29) is 13.0 Å². The van der Waals surface area contributed by atoms with Gasteiger partial charge in [0.2, 0.25) is 0 Å². The molecule has 1 N–H and O–H groups in total. The molecule has 0 aliphatic heterocycles. The average Bonchev–Trinajstić information content (AvgIpc) is 2.79. The number of carbonyl (C=O) groups excluding carboxylic acids is 2. The number of hydrogen-bond acceptors (Lipinski definition) is 5. The first kappa shape index (κ1) is 28.2. The molecular weight excluding hydrogens is 480 g/mol. The lowest BCUT2D eigenvalue weighted by molar-refractivity contribution is -0.201. The van der Waals surface area contributed by atoms with E-state index in [0.29, 0.717) is 50.1 Å². The molecule has 0 saturated heterocycles. The van der Waals surface area contributed by atoms with Gasteiger partial charge in [-0.1, -0.05) is 30.3 Å². The SMILES string of the molecule is O=C(CCNCCCc1ccc(OCCCc2cccc(C(F)(F)F)c2)cc1)OC(=O)C(F)(F)F. The first-order valence-corrected chi connectivity index (χ1v) is 10.9. The van der Waals surface area contributed by atoms with E-state index < -0.39 is 29.9 Å². The standard InChI is InChI=1S/C24H25F6NO4/c25-23(26,27)19-7-1-4-18(16-19)6-3-15-34-20-10-8-17(9-11-20)5-2-13-31-14-12-21(32)35-22(33)24(28,29)30/h1,4,7-11,16,31H,2-3,5-6,12-15H2. The molecule has 2 rings (SSSR count). The number of esters is 2. The number of nitrogens with one attached hydrogen (secondary N) is 1. The maximum Gasteiger partial charge on any atom is 0.491 e. The summed E-state index contributed by atoms with van der Waals surface area (Å²) in [6.07, 6.45) is -7.48. The van der Waals surface area contributed by atoms with E-state index >= 15 is 0 Å². The minimum atomic E-state index is -5.20. The van der Waals surface area contributed by atoms with E-state index in [0.717, 1.165) is 17.7 Å². The van der Waals surface area contributed by atoms with E-state index in [4.69, 9.17) is 4.74 Å². The zero-order valence-electron chi connectivity index (χ0n) is 18.7. The molecule has 11 heteroatoms. The highest BCUT2D eigenvalue weighted by molar-refractivity contribution is 5.88. The van der Waals surface area contributed by atoms with Crippen molar-refractivity contribution in [3.63, 3.8) is 0 Å². The summed E-state index contributed by atoms with van der Waals surface area (Å²) in [6, 6.07) is 12.6. The second kappa shape index (κ2) is 13.1. The van der Waals surface area contributed by atoms with Crippen molar-refractivity contribution < 1.29 is 45.4 Å². The van der Waals surface area contributed by atoms with Gasteiger partial charge in [-0.2, -0.15) is 26.3 Å². The Kier molecular flexibility index (Phi) is 10.6. The average molecular weight is 505 g/mol. The molecule has 0 saturated carbocycles. The number of halogens is 6. The van der Waals surface area contributed by atoms with Crippen LogP contribution >= 0.6 is 0 Å². The fourth-order valence-electron chi connectivity index (χ4n) is 3.07. The van der Waals surface area contributed by atoms with E-state index in [1.54, 1.807) is 18.2 Å². The lowest BCUT2D eigenvalue weighted by atomic mass is 10.1. The van der Waals surface area contributed by atoms with Gasteiger partial charge in [-0.3, -0.25) is 4.79 Å². The molecule has 0 heterocycles. The summed E-state index contributed by atoms with van der Waals surface area (Å²) in [4.78, 5) is 21.7. The Morgan fingerprint density at radius 1 is 0.829 bits per heavy atom. The summed E-state index contributed by atoms with van der Waals surface area (Å²) in [5.74, 6) is -3.13. The van der Waals surface area contributed by atoms with Crippen LogP contribution in [0.3, 0.4) is 0 Å². The van der Waals surface area contributed by atoms with Crippen molar-refractivity contribution in [1.29, 1.82) is 0 Å². The molecule has 0 amide bonds. The second-order valence-electron chi connectivity index (χ2n) is 7.66. The largest absolute Gasteiger partial charge is 0.494 e. The zero-order valence-corrected chi connectivity index (χ0v) is 18.7. The Morgan fingerprint density at radius 2 is 1.51 bits per heavy atom. The summed E-state index contributed by atoms with van der Waals surface area (Å²) >= 11 is 0. The summed E-state index contributed by atoms with van der Waals surface area (Å²) < 4.78 is 83.6. The minimum absolute atomic E-state index is 0.0806. The number of rotatable bonds is 12. The number of hydrogen-bond donors (Lipinski definition) is 1. The van der Waals surface area contributed by atoms with Gasteiger partial charge in [0.25, 0.3) is 0 Å². The van der Waals surface area contributed by atoms with E-state index in [2.05, 4.69) is 10.1 Å². The van der Waals surface area contributed by atoms with Gasteiger partial charge in [0.1, 0.15) is 5.75 Å². The van der Waals surface area contributed by atoms with Gasteiger partial charge in [-0.05, 0) is 61.6 Å². The Labute approximate surface area is 198 Å². The van der Waals surface area contributed by atoms with E-state index in [1.807, 2.05) is 12.1 Å². The topological polar surface area (TPSA) is 64.6 Å². The normalized spacial score (nSPS) is 11.8. The van der Waals surface area contributed by atoms with Crippen molar-refractivity contribution in [3.05, 3.63) is 65.2 Å². The third-order valence-electron chi connectivity index (χ3n) is 4.82. The van der Waals surface area contributed by atoms with Crippen molar-refractivity contribution >= 4 is 11.9 Å². The van der Waals surface area contributed by atoms with E-state index in [9.17, 15) is 35.9 Å². The molecular formula is C24H25F6NO4. The quantitative estimate of drug-likeness (QED) is 0.185. The summed E-state index contributed by atoms with van der Waals surface area (Å²) in [5, 5.41) is 2.89. The van der Waals surface area contributed by atoms with Gasteiger partial charge < -0.3 is 14.8 Å². The molecule has 192 valence electrons. The lowest BCUT2D eigenvalue weighted by Crippen LogP contribution is -2.29. The fraction of sp³-hybridized carbons (Fsp3) is 0.417. The lowest BCUT2D eigenvalue weighted by Gasteiger charge is -2.10. The summed E-state index contributed by atoms with van der Waals surface area (Å²) in [7, 11) is 0. The molecule has 0 bridgehead atoms. The third-order valence-corrected chi connectivity index (χ3v) is 4.82. The van der Waals surface area contributed by atoms with E-state index in [1.165, 1.54) is 6.07 Å². The van der Waals surface area contributed by atoms with Crippen LogP contribution in [-0.2, 0) is 33.3 Å². The van der Waals surface area contributed by atoms with Crippen LogP contribution in [0, 0.1) is 0 Å². The molecule has 5 nitrogen and oxygen atoms in total. The smallest absolute Gasteiger partial charge is 0.491 e.